The minimum atomic E-state index is -0.376. The van der Waals surface area contributed by atoms with Crippen molar-refractivity contribution in [1.82, 2.24) is 9.78 Å². The normalized spacial score (nSPS) is 10.4. The highest BCUT2D eigenvalue weighted by Gasteiger charge is 2.09. The van der Waals surface area contributed by atoms with Crippen LogP contribution in [0.25, 0.3) is 0 Å². The summed E-state index contributed by atoms with van der Waals surface area (Å²) in [4.78, 5) is 11.8. The first kappa shape index (κ1) is 14.5. The first-order valence-electron chi connectivity index (χ1n) is 5.84. The minimum Gasteiger partial charge on any atom is -0.483 e. The molecule has 106 valence electrons. The van der Waals surface area contributed by atoms with E-state index in [9.17, 15) is 9.18 Å². The van der Waals surface area contributed by atoms with Crippen molar-refractivity contribution in [2.45, 2.75) is 6.92 Å². The summed E-state index contributed by atoms with van der Waals surface area (Å²) >= 11 is 3.17. The predicted octanol–water partition coefficient (Wildman–Crippen LogP) is 2.65. The highest BCUT2D eigenvalue weighted by Crippen LogP contribution is 2.25. The number of halogens is 2. The number of carbonyl (C=O) groups excluding carboxylic acids is 1. The Morgan fingerprint density at radius 2 is 2.25 bits per heavy atom. The van der Waals surface area contributed by atoms with Gasteiger partial charge in [0, 0.05) is 13.1 Å². The summed E-state index contributed by atoms with van der Waals surface area (Å²) in [5, 5.41) is 6.80. The fourth-order valence-corrected chi connectivity index (χ4v) is 2.11. The molecule has 0 fully saturated rings. The third kappa shape index (κ3) is 3.57. The van der Waals surface area contributed by atoms with Gasteiger partial charge in [0.1, 0.15) is 17.4 Å². The molecular formula is C13H13BrFN3O2. The topological polar surface area (TPSA) is 56.1 Å². The molecule has 7 heteroatoms. The van der Waals surface area contributed by atoms with Crippen LogP contribution in [0.5, 0.6) is 5.75 Å². The summed E-state index contributed by atoms with van der Waals surface area (Å²) in [5.41, 5.74) is 0.810. The quantitative estimate of drug-likeness (QED) is 0.929. The van der Waals surface area contributed by atoms with Gasteiger partial charge < -0.3 is 10.1 Å². The smallest absolute Gasteiger partial charge is 0.263 e. The summed E-state index contributed by atoms with van der Waals surface area (Å²) < 4.78 is 20.3. The molecule has 2 aromatic rings. The number of nitrogens with one attached hydrogen (secondary N) is 1. The Morgan fingerprint density at radius 1 is 1.50 bits per heavy atom. The number of aryl methyl sites for hydroxylation is 2. The molecule has 0 unspecified atom stereocenters. The van der Waals surface area contributed by atoms with Crippen molar-refractivity contribution < 1.29 is 13.9 Å². The van der Waals surface area contributed by atoms with Crippen molar-refractivity contribution in [2.75, 3.05) is 11.9 Å². The molecule has 0 saturated carbocycles. The number of rotatable bonds is 4. The first-order valence-corrected chi connectivity index (χ1v) is 6.63. The molecule has 1 N–H and O–H groups in total. The molecule has 20 heavy (non-hydrogen) atoms. The van der Waals surface area contributed by atoms with Crippen LogP contribution in [0.1, 0.15) is 5.69 Å². The van der Waals surface area contributed by atoms with E-state index in [0.29, 0.717) is 16.0 Å². The standard InChI is InChI=1S/C13H13BrFN3O2/c1-8-5-12(18(2)17-8)16-13(19)7-20-11-4-3-9(15)6-10(11)14/h3-6H,7H2,1-2H3,(H,16,19). The van der Waals surface area contributed by atoms with Crippen molar-refractivity contribution in [1.29, 1.82) is 0 Å². The maximum Gasteiger partial charge on any atom is 0.263 e. The summed E-state index contributed by atoms with van der Waals surface area (Å²) in [6.07, 6.45) is 0. The Bertz CT molecular complexity index is 643. The zero-order chi connectivity index (χ0) is 14.7. The van der Waals surface area contributed by atoms with Crippen LogP contribution in [0.4, 0.5) is 10.2 Å². The summed E-state index contributed by atoms with van der Waals surface area (Å²) in [6.45, 7) is 1.66. The van der Waals surface area contributed by atoms with Gasteiger partial charge in [-0.05, 0) is 41.1 Å². The van der Waals surface area contributed by atoms with Crippen LogP contribution < -0.4 is 10.1 Å². The van der Waals surface area contributed by atoms with Crippen LogP contribution in [0, 0.1) is 12.7 Å². The molecule has 0 bridgehead atoms. The third-order valence-corrected chi connectivity index (χ3v) is 3.14. The molecule has 0 radical (unpaired) electrons. The van der Waals surface area contributed by atoms with Crippen LogP contribution in [0.3, 0.4) is 0 Å². The lowest BCUT2D eigenvalue weighted by molar-refractivity contribution is -0.118. The van der Waals surface area contributed by atoms with Gasteiger partial charge in [-0.2, -0.15) is 5.10 Å². The second-order valence-electron chi connectivity index (χ2n) is 4.21. The largest absolute Gasteiger partial charge is 0.483 e. The van der Waals surface area contributed by atoms with Crippen LogP contribution in [0.15, 0.2) is 28.7 Å². The number of nitrogens with zero attached hydrogens (tertiary/aromatic N) is 2. The van der Waals surface area contributed by atoms with Gasteiger partial charge in [-0.1, -0.05) is 0 Å². The molecule has 0 aliphatic carbocycles. The molecule has 0 atom stereocenters. The van der Waals surface area contributed by atoms with Crippen molar-refractivity contribution in [2.24, 2.45) is 7.05 Å². The molecule has 1 amide bonds. The zero-order valence-corrected chi connectivity index (χ0v) is 12.6. The Balaban J connectivity index is 1.94. The zero-order valence-electron chi connectivity index (χ0n) is 11.0. The number of benzene rings is 1. The average molecular weight is 342 g/mol. The molecule has 0 aliphatic rings. The van der Waals surface area contributed by atoms with E-state index >= 15 is 0 Å². The van der Waals surface area contributed by atoms with E-state index in [1.54, 1.807) is 17.8 Å². The number of anilines is 1. The molecule has 1 aromatic heterocycles. The fraction of sp³-hybridized carbons (Fsp3) is 0.231. The maximum absolute atomic E-state index is 12.9. The number of ether oxygens (including phenoxy) is 1. The lowest BCUT2D eigenvalue weighted by Gasteiger charge is -2.08. The van der Waals surface area contributed by atoms with Crippen molar-refractivity contribution in [3.05, 3.63) is 40.2 Å². The second kappa shape index (κ2) is 6.04. The molecule has 1 heterocycles. The Hall–Kier alpha value is -1.89. The molecular weight excluding hydrogens is 329 g/mol. The van der Waals surface area contributed by atoms with Gasteiger partial charge in [0.25, 0.3) is 5.91 Å². The van der Waals surface area contributed by atoms with E-state index in [2.05, 4.69) is 26.3 Å². The molecule has 0 saturated heterocycles. The van der Waals surface area contributed by atoms with E-state index in [4.69, 9.17) is 4.74 Å². The Labute approximate surface area is 123 Å². The van der Waals surface area contributed by atoms with Gasteiger partial charge in [0.05, 0.1) is 10.2 Å². The second-order valence-corrected chi connectivity index (χ2v) is 5.06. The lowest BCUT2D eigenvalue weighted by Crippen LogP contribution is -2.21. The third-order valence-electron chi connectivity index (χ3n) is 2.52. The Kier molecular flexibility index (Phi) is 4.39. The van der Waals surface area contributed by atoms with Gasteiger partial charge in [-0.15, -0.1) is 0 Å². The van der Waals surface area contributed by atoms with Crippen molar-refractivity contribution in [3.63, 3.8) is 0 Å². The molecule has 0 aliphatic heterocycles. The predicted molar refractivity (Wildman–Crippen MR) is 76.2 cm³/mol. The van der Waals surface area contributed by atoms with Crippen LogP contribution in [-0.4, -0.2) is 22.3 Å². The number of aromatic nitrogens is 2. The van der Waals surface area contributed by atoms with Crippen LogP contribution in [-0.2, 0) is 11.8 Å². The van der Waals surface area contributed by atoms with Crippen molar-refractivity contribution >= 4 is 27.7 Å². The highest BCUT2D eigenvalue weighted by atomic mass is 79.9. The molecule has 2 rings (SSSR count). The minimum absolute atomic E-state index is 0.172. The molecule has 5 nitrogen and oxygen atoms in total. The number of hydrogen-bond donors (Lipinski definition) is 1. The number of hydrogen-bond acceptors (Lipinski definition) is 3. The fourth-order valence-electron chi connectivity index (χ4n) is 1.64. The SMILES string of the molecule is Cc1cc(NC(=O)COc2ccc(F)cc2Br)n(C)n1. The van der Waals surface area contributed by atoms with E-state index in [0.717, 1.165) is 5.69 Å². The monoisotopic (exact) mass is 341 g/mol. The van der Waals surface area contributed by atoms with Gasteiger partial charge >= 0.3 is 0 Å². The van der Waals surface area contributed by atoms with E-state index in [1.165, 1.54) is 18.2 Å². The van der Waals surface area contributed by atoms with Crippen LogP contribution >= 0.6 is 15.9 Å². The van der Waals surface area contributed by atoms with Gasteiger partial charge in [0.15, 0.2) is 6.61 Å². The summed E-state index contributed by atoms with van der Waals surface area (Å²) in [6, 6.07) is 5.76. The first-order chi connectivity index (χ1) is 9.45. The van der Waals surface area contributed by atoms with Crippen molar-refractivity contribution in [3.8, 4) is 5.75 Å². The average Bonchev–Trinajstić information content (AvgIpc) is 2.66. The van der Waals surface area contributed by atoms with Gasteiger partial charge in [-0.25, -0.2) is 4.39 Å². The number of carbonyl (C=O) groups is 1. The van der Waals surface area contributed by atoms with Gasteiger partial charge in [0.2, 0.25) is 0 Å². The molecule has 1 aromatic carbocycles. The van der Waals surface area contributed by atoms with Gasteiger partial charge in [-0.3, -0.25) is 9.48 Å². The lowest BCUT2D eigenvalue weighted by atomic mass is 10.3. The summed E-state index contributed by atoms with van der Waals surface area (Å²) in [7, 11) is 1.74. The van der Waals surface area contributed by atoms with E-state index in [-0.39, 0.29) is 18.3 Å². The Morgan fingerprint density at radius 3 is 2.85 bits per heavy atom. The highest BCUT2D eigenvalue weighted by molar-refractivity contribution is 9.10. The maximum atomic E-state index is 12.9. The van der Waals surface area contributed by atoms with E-state index in [1.807, 2.05) is 6.92 Å². The molecule has 0 spiro atoms. The number of amides is 1. The summed E-state index contributed by atoms with van der Waals surface area (Å²) in [5.74, 6) is 0.306. The van der Waals surface area contributed by atoms with E-state index < -0.39 is 0 Å². The van der Waals surface area contributed by atoms with Crippen LogP contribution in [0.2, 0.25) is 0 Å².